The van der Waals surface area contributed by atoms with Crippen LogP contribution in [-0.2, 0) is 11.3 Å². The van der Waals surface area contributed by atoms with Gasteiger partial charge in [0, 0.05) is 13.1 Å². The van der Waals surface area contributed by atoms with E-state index < -0.39 is 6.03 Å². The summed E-state index contributed by atoms with van der Waals surface area (Å²) in [6.45, 7) is 4.05. The van der Waals surface area contributed by atoms with Crippen molar-refractivity contribution in [2.45, 2.75) is 13.0 Å². The Labute approximate surface area is 117 Å². The number of nitrogens with zero attached hydrogens (tertiary/aromatic N) is 1. The van der Waals surface area contributed by atoms with Crippen molar-refractivity contribution < 1.29 is 14.0 Å². The molecule has 1 aliphatic heterocycles. The minimum Gasteiger partial charge on any atom is -0.467 e. The fourth-order valence-electron chi connectivity index (χ4n) is 2.05. The highest BCUT2D eigenvalue weighted by atomic mass is 16.3. The van der Waals surface area contributed by atoms with E-state index in [1.165, 1.54) is 6.26 Å². The van der Waals surface area contributed by atoms with Crippen molar-refractivity contribution in [3.05, 3.63) is 24.2 Å². The summed E-state index contributed by atoms with van der Waals surface area (Å²) in [5.41, 5.74) is 0. The summed E-state index contributed by atoms with van der Waals surface area (Å²) in [7, 11) is 0. The van der Waals surface area contributed by atoms with E-state index in [0.717, 1.165) is 32.6 Å². The number of carbonyl (C=O) groups excluding carboxylic acids is 2. The third kappa shape index (κ3) is 5.02. The number of hydrogen-bond donors (Lipinski definition) is 3. The van der Waals surface area contributed by atoms with Gasteiger partial charge in [0.05, 0.1) is 19.4 Å². The highest BCUT2D eigenvalue weighted by Crippen LogP contribution is 1.98. The number of amides is 3. The smallest absolute Gasteiger partial charge is 0.321 e. The molecule has 1 saturated heterocycles. The monoisotopic (exact) mass is 280 g/mol. The molecular formula is C13H20N4O3. The molecule has 0 unspecified atom stereocenters. The number of hydrogen-bond acceptors (Lipinski definition) is 5. The lowest BCUT2D eigenvalue weighted by Gasteiger charge is -2.18. The summed E-state index contributed by atoms with van der Waals surface area (Å²) in [6.07, 6.45) is 2.55. The zero-order valence-electron chi connectivity index (χ0n) is 11.4. The lowest BCUT2D eigenvalue weighted by atomic mass is 10.4. The van der Waals surface area contributed by atoms with Crippen LogP contribution in [0.4, 0.5) is 4.79 Å². The van der Waals surface area contributed by atoms with Crippen LogP contribution in [0.5, 0.6) is 0 Å². The van der Waals surface area contributed by atoms with E-state index in [1.807, 2.05) is 4.90 Å². The third-order valence-corrected chi connectivity index (χ3v) is 3.06. The van der Waals surface area contributed by atoms with Crippen LogP contribution in [0.3, 0.4) is 0 Å². The summed E-state index contributed by atoms with van der Waals surface area (Å²) in [5, 5.41) is 8.15. The maximum Gasteiger partial charge on any atom is 0.321 e. The van der Waals surface area contributed by atoms with Crippen LogP contribution in [0.1, 0.15) is 12.2 Å². The first-order valence-corrected chi connectivity index (χ1v) is 6.77. The Bertz CT molecular complexity index is 425. The van der Waals surface area contributed by atoms with E-state index in [4.69, 9.17) is 4.42 Å². The molecule has 0 radical (unpaired) electrons. The van der Waals surface area contributed by atoms with Gasteiger partial charge in [0.1, 0.15) is 5.76 Å². The second-order valence-electron chi connectivity index (χ2n) is 4.69. The van der Waals surface area contributed by atoms with Crippen LogP contribution in [-0.4, -0.2) is 49.6 Å². The fourth-order valence-corrected chi connectivity index (χ4v) is 2.05. The molecule has 1 aromatic rings. The Hall–Kier alpha value is -1.86. The fraction of sp³-hybridized carbons (Fsp3) is 0.538. The van der Waals surface area contributed by atoms with Crippen molar-refractivity contribution in [2.24, 2.45) is 0 Å². The van der Waals surface area contributed by atoms with Crippen LogP contribution in [0, 0.1) is 0 Å². The summed E-state index contributed by atoms with van der Waals surface area (Å²) < 4.78 is 5.08. The summed E-state index contributed by atoms with van der Waals surface area (Å²) >= 11 is 0. The van der Waals surface area contributed by atoms with Crippen molar-refractivity contribution in [1.29, 1.82) is 0 Å². The molecule has 2 heterocycles. The maximum absolute atomic E-state index is 11.7. The van der Waals surface area contributed by atoms with Crippen molar-refractivity contribution in [1.82, 2.24) is 20.9 Å². The maximum atomic E-state index is 11.7. The quantitative estimate of drug-likeness (QED) is 0.717. The average molecular weight is 280 g/mol. The summed E-state index contributed by atoms with van der Waals surface area (Å²) in [6, 6.07) is 3.00. The third-order valence-electron chi connectivity index (χ3n) is 3.06. The molecule has 7 nitrogen and oxygen atoms in total. The van der Waals surface area contributed by atoms with Crippen LogP contribution in [0.15, 0.2) is 22.8 Å². The Morgan fingerprint density at radius 1 is 1.35 bits per heavy atom. The molecule has 1 fully saturated rings. The van der Waals surface area contributed by atoms with Gasteiger partial charge in [0.2, 0.25) is 5.91 Å². The Kier molecular flexibility index (Phi) is 5.57. The second kappa shape index (κ2) is 7.66. The van der Waals surface area contributed by atoms with Crippen molar-refractivity contribution in [2.75, 3.05) is 32.7 Å². The van der Waals surface area contributed by atoms with Crippen molar-refractivity contribution in [3.63, 3.8) is 0 Å². The predicted molar refractivity (Wildman–Crippen MR) is 73.0 cm³/mol. The standard InChI is InChI=1S/C13H20N4O3/c18-12(10-17-6-2-4-14-5-7-17)16-13(19)15-9-11-3-1-8-20-11/h1,3,8,14H,2,4-7,9-10H2,(H2,15,16,18,19). The molecule has 7 heteroatoms. The summed E-state index contributed by atoms with van der Waals surface area (Å²) in [4.78, 5) is 25.3. The molecule has 0 saturated carbocycles. The molecule has 0 bridgehead atoms. The first-order valence-electron chi connectivity index (χ1n) is 6.77. The highest BCUT2D eigenvalue weighted by molar-refractivity contribution is 5.95. The molecule has 3 N–H and O–H groups in total. The van der Waals surface area contributed by atoms with Gasteiger partial charge >= 0.3 is 6.03 Å². The van der Waals surface area contributed by atoms with Gasteiger partial charge < -0.3 is 15.1 Å². The molecule has 20 heavy (non-hydrogen) atoms. The lowest BCUT2D eigenvalue weighted by molar-refractivity contribution is -0.121. The Morgan fingerprint density at radius 2 is 2.25 bits per heavy atom. The van der Waals surface area contributed by atoms with Gasteiger partial charge in [-0.15, -0.1) is 0 Å². The van der Waals surface area contributed by atoms with Crippen molar-refractivity contribution in [3.8, 4) is 0 Å². The molecule has 1 aliphatic rings. The van der Waals surface area contributed by atoms with Gasteiger partial charge in [-0.25, -0.2) is 4.79 Å². The first kappa shape index (κ1) is 14.5. The van der Waals surface area contributed by atoms with Crippen LogP contribution < -0.4 is 16.0 Å². The van der Waals surface area contributed by atoms with Gasteiger partial charge in [0.25, 0.3) is 0 Å². The van der Waals surface area contributed by atoms with E-state index in [2.05, 4.69) is 16.0 Å². The van der Waals surface area contributed by atoms with Gasteiger partial charge in [-0.05, 0) is 31.6 Å². The number of carbonyl (C=O) groups is 2. The van der Waals surface area contributed by atoms with Crippen LogP contribution in [0.25, 0.3) is 0 Å². The largest absolute Gasteiger partial charge is 0.467 e. The molecule has 0 atom stereocenters. The van der Waals surface area contributed by atoms with E-state index >= 15 is 0 Å². The van der Waals surface area contributed by atoms with E-state index in [0.29, 0.717) is 5.76 Å². The number of furan rings is 1. The van der Waals surface area contributed by atoms with Gasteiger partial charge in [-0.1, -0.05) is 0 Å². The van der Waals surface area contributed by atoms with Gasteiger partial charge in [0.15, 0.2) is 0 Å². The molecule has 110 valence electrons. The molecular weight excluding hydrogens is 260 g/mol. The molecule has 1 aromatic heterocycles. The SMILES string of the molecule is O=C(CN1CCCNCC1)NC(=O)NCc1ccco1. The highest BCUT2D eigenvalue weighted by Gasteiger charge is 2.14. The zero-order chi connectivity index (χ0) is 14.2. The van der Waals surface area contributed by atoms with Crippen molar-refractivity contribution >= 4 is 11.9 Å². The summed E-state index contributed by atoms with van der Waals surface area (Å²) in [5.74, 6) is 0.357. The zero-order valence-corrected chi connectivity index (χ0v) is 11.4. The van der Waals surface area contributed by atoms with Crippen LogP contribution in [0.2, 0.25) is 0 Å². The van der Waals surface area contributed by atoms with Gasteiger partial charge in [-0.2, -0.15) is 0 Å². The lowest BCUT2D eigenvalue weighted by Crippen LogP contribution is -2.45. The number of imide groups is 1. The topological polar surface area (TPSA) is 86.6 Å². The first-order chi connectivity index (χ1) is 9.74. The van der Waals surface area contributed by atoms with Crippen LogP contribution >= 0.6 is 0 Å². The van der Waals surface area contributed by atoms with Gasteiger partial charge in [-0.3, -0.25) is 15.0 Å². The Morgan fingerprint density at radius 3 is 3.05 bits per heavy atom. The molecule has 0 aromatic carbocycles. The number of urea groups is 1. The normalized spacial score (nSPS) is 16.4. The molecule has 2 rings (SSSR count). The predicted octanol–water partition coefficient (Wildman–Crippen LogP) is -0.0993. The van der Waals surface area contributed by atoms with E-state index in [-0.39, 0.29) is 19.0 Å². The molecule has 0 spiro atoms. The second-order valence-corrected chi connectivity index (χ2v) is 4.69. The number of nitrogens with one attached hydrogen (secondary N) is 3. The average Bonchev–Trinajstić information content (AvgIpc) is 2.81. The van der Waals surface area contributed by atoms with E-state index in [9.17, 15) is 9.59 Å². The van der Waals surface area contributed by atoms with E-state index in [1.54, 1.807) is 12.1 Å². The molecule has 0 aliphatic carbocycles. The minimum atomic E-state index is -0.501. The Balaban J connectivity index is 1.66. The molecule has 3 amide bonds. The minimum absolute atomic E-state index is 0.246. The number of rotatable bonds is 4.